The maximum Gasteiger partial charge on any atom is 0.336 e. The van der Waals surface area contributed by atoms with Crippen molar-refractivity contribution in [1.29, 1.82) is 0 Å². The van der Waals surface area contributed by atoms with Crippen molar-refractivity contribution in [3.8, 4) is 0 Å². The van der Waals surface area contributed by atoms with Gasteiger partial charge in [-0.3, -0.25) is 4.79 Å². The third-order valence-corrected chi connectivity index (χ3v) is 4.41. The largest absolute Gasteiger partial charge is 0.423 e. The molecule has 0 fully saturated rings. The van der Waals surface area contributed by atoms with Gasteiger partial charge in [-0.2, -0.15) is 5.10 Å². The molecule has 3 aromatic rings. The Morgan fingerprint density at radius 3 is 2.58 bits per heavy atom. The zero-order valence-corrected chi connectivity index (χ0v) is 15.6. The molecule has 1 atom stereocenters. The molecular formula is C19H22N4O3. The lowest BCUT2D eigenvalue weighted by molar-refractivity contribution is -0.119. The fraction of sp³-hybridized carbons (Fsp3) is 0.368. The van der Waals surface area contributed by atoms with Crippen LogP contribution in [0.1, 0.15) is 29.7 Å². The van der Waals surface area contributed by atoms with Gasteiger partial charge >= 0.3 is 5.63 Å². The number of aromatic nitrogens is 3. The van der Waals surface area contributed by atoms with Crippen molar-refractivity contribution < 1.29 is 9.21 Å². The average molecular weight is 354 g/mol. The second-order valence-electron chi connectivity index (χ2n) is 6.69. The van der Waals surface area contributed by atoms with Crippen molar-refractivity contribution in [2.45, 2.75) is 41.2 Å². The highest BCUT2D eigenvalue weighted by atomic mass is 16.4. The van der Waals surface area contributed by atoms with Gasteiger partial charge < -0.3 is 9.73 Å². The fourth-order valence-corrected chi connectivity index (χ4v) is 2.93. The van der Waals surface area contributed by atoms with E-state index in [1.807, 2.05) is 40.7 Å². The van der Waals surface area contributed by atoms with Gasteiger partial charge in [0.1, 0.15) is 17.2 Å². The summed E-state index contributed by atoms with van der Waals surface area (Å²) in [5.41, 5.74) is 2.50. The molecule has 0 bridgehead atoms. The van der Waals surface area contributed by atoms with E-state index in [-0.39, 0.29) is 17.5 Å². The zero-order valence-electron chi connectivity index (χ0n) is 15.6. The maximum absolute atomic E-state index is 12.6. The molecule has 0 spiro atoms. The van der Waals surface area contributed by atoms with Crippen molar-refractivity contribution in [3.05, 3.63) is 51.4 Å². The maximum atomic E-state index is 12.6. The summed E-state index contributed by atoms with van der Waals surface area (Å²) in [5, 5.41) is 8.08. The number of carbonyl (C=O) groups excluding carboxylic acids is 1. The van der Waals surface area contributed by atoms with Gasteiger partial charge in [0, 0.05) is 17.1 Å². The lowest BCUT2D eigenvalue weighted by Crippen LogP contribution is -2.25. The first-order valence-corrected chi connectivity index (χ1v) is 8.48. The quantitative estimate of drug-likeness (QED) is 0.728. The van der Waals surface area contributed by atoms with Gasteiger partial charge in [0.25, 0.3) is 0 Å². The summed E-state index contributed by atoms with van der Waals surface area (Å²) in [6, 6.07) is 5.06. The highest BCUT2D eigenvalue weighted by Gasteiger charge is 2.17. The number of amides is 1. The van der Waals surface area contributed by atoms with Crippen LogP contribution >= 0.6 is 0 Å². The highest BCUT2D eigenvalue weighted by Crippen LogP contribution is 2.25. The van der Waals surface area contributed by atoms with E-state index in [0.29, 0.717) is 23.6 Å². The third-order valence-electron chi connectivity index (χ3n) is 4.41. The minimum Gasteiger partial charge on any atom is -0.423 e. The molecule has 0 aliphatic carbocycles. The van der Waals surface area contributed by atoms with Crippen LogP contribution in [-0.2, 0) is 11.3 Å². The molecule has 0 saturated heterocycles. The number of benzene rings is 1. The summed E-state index contributed by atoms with van der Waals surface area (Å²) in [4.78, 5) is 28.4. The highest BCUT2D eigenvalue weighted by molar-refractivity contribution is 5.96. The number of nitrogens with one attached hydrogen (secondary N) is 1. The molecule has 0 saturated carbocycles. The summed E-state index contributed by atoms with van der Waals surface area (Å²) in [6.45, 7) is 9.72. The number of rotatable bonds is 4. The van der Waals surface area contributed by atoms with E-state index in [1.165, 1.54) is 6.07 Å². The Bertz CT molecular complexity index is 1050. The minimum absolute atomic E-state index is 0.102. The minimum atomic E-state index is -0.377. The molecule has 2 aromatic heterocycles. The van der Waals surface area contributed by atoms with Gasteiger partial charge in [0.05, 0.1) is 12.5 Å². The van der Waals surface area contributed by atoms with Crippen LogP contribution in [0, 0.1) is 33.6 Å². The number of nitrogens with zero attached hydrogens (tertiary/aromatic N) is 3. The molecule has 136 valence electrons. The van der Waals surface area contributed by atoms with Crippen LogP contribution in [0.25, 0.3) is 11.0 Å². The standard InChI is InChI=1S/C19H22N4O3/c1-10-7-18(24)26-17-6-11(2)16(8-15(10)17)21-19(25)12(3)9-23-14(5)20-13(4)22-23/h6-8,12H,9H2,1-5H3,(H,21,25)/t12-/m0/s1. The third kappa shape index (κ3) is 3.51. The molecule has 3 rings (SSSR count). The van der Waals surface area contributed by atoms with Crippen LogP contribution in [0.15, 0.2) is 27.4 Å². The molecule has 7 heteroatoms. The average Bonchev–Trinajstić information content (AvgIpc) is 2.86. The summed E-state index contributed by atoms with van der Waals surface area (Å²) < 4.78 is 6.98. The second kappa shape index (κ2) is 6.74. The van der Waals surface area contributed by atoms with E-state index in [2.05, 4.69) is 15.4 Å². The Morgan fingerprint density at radius 1 is 1.19 bits per heavy atom. The Morgan fingerprint density at radius 2 is 1.92 bits per heavy atom. The molecule has 2 heterocycles. The lowest BCUT2D eigenvalue weighted by Gasteiger charge is -2.15. The van der Waals surface area contributed by atoms with E-state index < -0.39 is 0 Å². The van der Waals surface area contributed by atoms with Gasteiger partial charge in [0.15, 0.2) is 0 Å². The van der Waals surface area contributed by atoms with Crippen LogP contribution in [-0.4, -0.2) is 20.7 Å². The molecule has 1 aromatic carbocycles. The fourth-order valence-electron chi connectivity index (χ4n) is 2.93. The number of hydrogen-bond donors (Lipinski definition) is 1. The molecule has 1 N–H and O–H groups in total. The molecule has 0 unspecified atom stereocenters. The summed E-state index contributed by atoms with van der Waals surface area (Å²) in [7, 11) is 0. The van der Waals surface area contributed by atoms with Gasteiger partial charge in [-0.1, -0.05) is 6.92 Å². The molecule has 1 amide bonds. The topological polar surface area (TPSA) is 90.0 Å². The second-order valence-corrected chi connectivity index (χ2v) is 6.69. The normalized spacial score (nSPS) is 12.3. The number of carbonyl (C=O) groups is 1. The predicted octanol–water partition coefficient (Wildman–Crippen LogP) is 2.89. The van der Waals surface area contributed by atoms with Crippen LogP contribution in [0.4, 0.5) is 5.69 Å². The Kier molecular flexibility index (Phi) is 4.63. The first kappa shape index (κ1) is 17.8. The summed E-state index contributed by atoms with van der Waals surface area (Å²) in [5.74, 6) is 1.10. The van der Waals surface area contributed by atoms with E-state index in [0.717, 1.165) is 22.3 Å². The molecule has 0 aliphatic rings. The molecule has 26 heavy (non-hydrogen) atoms. The van der Waals surface area contributed by atoms with E-state index in [1.54, 1.807) is 10.7 Å². The van der Waals surface area contributed by atoms with Crippen LogP contribution in [0.3, 0.4) is 0 Å². The van der Waals surface area contributed by atoms with Gasteiger partial charge in [-0.25, -0.2) is 14.5 Å². The predicted molar refractivity (Wildman–Crippen MR) is 99.2 cm³/mol. The first-order chi connectivity index (χ1) is 12.2. The SMILES string of the molecule is Cc1nc(C)n(C[C@H](C)C(=O)Nc2cc3c(C)cc(=O)oc3cc2C)n1. The number of anilines is 1. The smallest absolute Gasteiger partial charge is 0.336 e. The first-order valence-electron chi connectivity index (χ1n) is 8.48. The number of hydrogen-bond acceptors (Lipinski definition) is 5. The number of fused-ring (bicyclic) bond motifs is 1. The van der Waals surface area contributed by atoms with Crippen molar-refractivity contribution in [3.63, 3.8) is 0 Å². The van der Waals surface area contributed by atoms with Crippen molar-refractivity contribution >= 4 is 22.6 Å². The van der Waals surface area contributed by atoms with Crippen LogP contribution in [0.2, 0.25) is 0 Å². The summed E-state index contributed by atoms with van der Waals surface area (Å²) in [6.07, 6.45) is 0. The zero-order chi connectivity index (χ0) is 19.0. The molecule has 0 aliphatic heterocycles. The molecular weight excluding hydrogens is 332 g/mol. The summed E-state index contributed by atoms with van der Waals surface area (Å²) >= 11 is 0. The van der Waals surface area contributed by atoms with Crippen molar-refractivity contribution in [2.24, 2.45) is 5.92 Å². The number of aryl methyl sites for hydroxylation is 4. The van der Waals surface area contributed by atoms with E-state index in [4.69, 9.17) is 4.42 Å². The van der Waals surface area contributed by atoms with Crippen molar-refractivity contribution in [2.75, 3.05) is 5.32 Å². The van der Waals surface area contributed by atoms with Crippen LogP contribution in [0.5, 0.6) is 0 Å². The van der Waals surface area contributed by atoms with E-state index >= 15 is 0 Å². The van der Waals surface area contributed by atoms with Gasteiger partial charge in [-0.15, -0.1) is 0 Å². The van der Waals surface area contributed by atoms with Gasteiger partial charge in [0.2, 0.25) is 5.91 Å². The van der Waals surface area contributed by atoms with Gasteiger partial charge in [-0.05, 0) is 51.0 Å². The Balaban J connectivity index is 1.83. The Hall–Kier alpha value is -2.96. The molecule has 7 nitrogen and oxygen atoms in total. The molecule has 0 radical (unpaired) electrons. The lowest BCUT2D eigenvalue weighted by atomic mass is 10.1. The van der Waals surface area contributed by atoms with Crippen LogP contribution < -0.4 is 10.9 Å². The Labute approximate surface area is 151 Å². The monoisotopic (exact) mass is 354 g/mol. The van der Waals surface area contributed by atoms with E-state index in [9.17, 15) is 9.59 Å². The van der Waals surface area contributed by atoms with Crippen molar-refractivity contribution in [1.82, 2.24) is 14.8 Å².